The van der Waals surface area contributed by atoms with Gasteiger partial charge in [0.1, 0.15) is 5.69 Å². The monoisotopic (exact) mass is 251 g/mol. The van der Waals surface area contributed by atoms with E-state index in [1.54, 1.807) is 6.07 Å². The fraction of sp³-hybridized carbons (Fsp3) is 0.500. The second-order valence-corrected chi connectivity index (χ2v) is 4.35. The first kappa shape index (κ1) is 12.8. The molecule has 98 valence electrons. The number of rotatable bonds is 2. The normalized spacial score (nSPS) is 23.7. The van der Waals surface area contributed by atoms with E-state index in [4.69, 9.17) is 10.5 Å². The molecule has 0 aliphatic carbocycles. The van der Waals surface area contributed by atoms with Gasteiger partial charge in [0.2, 0.25) is 0 Å². The van der Waals surface area contributed by atoms with Crippen LogP contribution < -0.4 is 11.1 Å². The highest BCUT2D eigenvalue weighted by Crippen LogP contribution is 2.23. The van der Waals surface area contributed by atoms with Gasteiger partial charge in [-0.1, -0.05) is 0 Å². The van der Waals surface area contributed by atoms with Gasteiger partial charge in [0.25, 0.3) is 0 Å². The lowest BCUT2D eigenvalue weighted by molar-refractivity contribution is 0.0503. The molecular weight excluding hydrogens is 234 g/mol. The molecule has 1 aromatic rings. The predicted octanol–water partition coefficient (Wildman–Crippen LogP) is 0.500. The molecule has 3 N–H and O–H groups in total. The summed E-state index contributed by atoms with van der Waals surface area (Å²) in [5.74, 6) is -0.471. The second-order valence-electron chi connectivity index (χ2n) is 4.35. The van der Waals surface area contributed by atoms with Gasteiger partial charge in [-0.15, -0.1) is 0 Å². The number of carbonyl (C=O) groups excluding carboxylic acids is 1. The molecule has 2 atom stereocenters. The van der Waals surface area contributed by atoms with Gasteiger partial charge in [-0.3, -0.25) is 0 Å². The van der Waals surface area contributed by atoms with Gasteiger partial charge in [-0.2, -0.15) is 0 Å². The molecule has 2 rings (SSSR count). The van der Waals surface area contributed by atoms with Gasteiger partial charge in [0.05, 0.1) is 38.2 Å². The number of hydrogen-bond donors (Lipinski definition) is 2. The Labute approximate surface area is 105 Å². The molecule has 1 fully saturated rings. The van der Waals surface area contributed by atoms with Crippen molar-refractivity contribution in [3.05, 3.63) is 23.5 Å². The van der Waals surface area contributed by atoms with Crippen molar-refractivity contribution in [2.75, 3.05) is 26.1 Å². The fourth-order valence-corrected chi connectivity index (χ4v) is 1.98. The quantitative estimate of drug-likeness (QED) is 0.744. The summed E-state index contributed by atoms with van der Waals surface area (Å²) in [7, 11) is 1.32. The fourth-order valence-electron chi connectivity index (χ4n) is 1.98. The maximum Gasteiger partial charge on any atom is 0.356 e. The number of ether oxygens (including phenoxy) is 2. The smallest absolute Gasteiger partial charge is 0.356 e. The summed E-state index contributed by atoms with van der Waals surface area (Å²) in [4.78, 5) is 15.4. The van der Waals surface area contributed by atoms with Crippen LogP contribution in [0.1, 0.15) is 29.0 Å². The standard InChI is InChI=1S/C12H17N3O3/c1-7-5-18-6-11(15-7)8-3-10(12(16)17-2)14-4-9(8)13/h3-4,7,11,15H,5-6,13H2,1-2H3/t7-,11-/m0/s1. The third kappa shape index (κ3) is 2.60. The molecule has 1 aliphatic heterocycles. The molecule has 0 aromatic carbocycles. The SMILES string of the molecule is COC(=O)c1cc([C@@H]2COC[C@H](C)N2)c(N)cn1. The summed E-state index contributed by atoms with van der Waals surface area (Å²) in [6.45, 7) is 3.23. The number of nitrogen functional groups attached to an aromatic ring is 1. The van der Waals surface area contributed by atoms with Gasteiger partial charge in [-0.25, -0.2) is 9.78 Å². The number of pyridine rings is 1. The first-order valence-corrected chi connectivity index (χ1v) is 5.79. The first-order chi connectivity index (χ1) is 8.61. The van der Waals surface area contributed by atoms with E-state index in [1.807, 2.05) is 6.92 Å². The van der Waals surface area contributed by atoms with Crippen LogP contribution in [0.2, 0.25) is 0 Å². The Balaban J connectivity index is 2.28. The number of esters is 1. The minimum Gasteiger partial charge on any atom is -0.464 e. The number of hydrogen-bond acceptors (Lipinski definition) is 6. The second kappa shape index (κ2) is 5.32. The van der Waals surface area contributed by atoms with Crippen LogP contribution in [0.4, 0.5) is 5.69 Å². The number of aromatic nitrogens is 1. The number of methoxy groups -OCH3 is 1. The van der Waals surface area contributed by atoms with Crippen molar-refractivity contribution in [1.29, 1.82) is 0 Å². The van der Waals surface area contributed by atoms with E-state index in [0.29, 0.717) is 18.9 Å². The summed E-state index contributed by atoms with van der Waals surface area (Å²) in [5, 5.41) is 3.37. The molecule has 0 radical (unpaired) electrons. The average Bonchev–Trinajstić information content (AvgIpc) is 2.38. The molecule has 0 spiro atoms. The molecule has 0 unspecified atom stereocenters. The summed E-state index contributed by atoms with van der Waals surface area (Å²) in [6.07, 6.45) is 1.47. The molecule has 0 saturated carbocycles. The summed E-state index contributed by atoms with van der Waals surface area (Å²) >= 11 is 0. The molecule has 6 heteroatoms. The molecule has 6 nitrogen and oxygen atoms in total. The Kier molecular flexibility index (Phi) is 3.78. The zero-order valence-corrected chi connectivity index (χ0v) is 10.5. The highest BCUT2D eigenvalue weighted by molar-refractivity contribution is 5.87. The Bertz CT molecular complexity index is 450. The van der Waals surface area contributed by atoms with Crippen molar-refractivity contribution in [3.8, 4) is 0 Å². The summed E-state index contributed by atoms with van der Waals surface area (Å²) in [5.41, 5.74) is 7.51. The van der Waals surface area contributed by atoms with E-state index in [2.05, 4.69) is 15.0 Å². The molecule has 1 saturated heterocycles. The van der Waals surface area contributed by atoms with Gasteiger partial charge in [0.15, 0.2) is 0 Å². The Morgan fingerprint density at radius 1 is 1.61 bits per heavy atom. The number of carbonyl (C=O) groups is 1. The third-order valence-corrected chi connectivity index (χ3v) is 2.88. The van der Waals surface area contributed by atoms with Crippen LogP contribution in [0.15, 0.2) is 12.3 Å². The third-order valence-electron chi connectivity index (χ3n) is 2.88. The lowest BCUT2D eigenvalue weighted by atomic mass is 10.0. The lowest BCUT2D eigenvalue weighted by Gasteiger charge is -2.30. The first-order valence-electron chi connectivity index (χ1n) is 5.79. The summed E-state index contributed by atoms with van der Waals surface area (Å²) in [6, 6.07) is 1.87. The largest absolute Gasteiger partial charge is 0.464 e. The molecule has 0 bridgehead atoms. The van der Waals surface area contributed by atoms with Gasteiger partial charge in [0, 0.05) is 6.04 Å². The molecule has 1 aromatic heterocycles. The number of nitrogens with zero attached hydrogens (tertiary/aromatic N) is 1. The van der Waals surface area contributed by atoms with E-state index < -0.39 is 5.97 Å². The van der Waals surface area contributed by atoms with E-state index in [9.17, 15) is 4.79 Å². The average molecular weight is 251 g/mol. The maximum atomic E-state index is 11.4. The minimum absolute atomic E-state index is 0.0276. The van der Waals surface area contributed by atoms with E-state index >= 15 is 0 Å². The van der Waals surface area contributed by atoms with Crippen molar-refractivity contribution in [3.63, 3.8) is 0 Å². The van der Waals surface area contributed by atoms with Crippen molar-refractivity contribution >= 4 is 11.7 Å². The van der Waals surface area contributed by atoms with Crippen LogP contribution in [0.25, 0.3) is 0 Å². The zero-order chi connectivity index (χ0) is 13.1. The Morgan fingerprint density at radius 2 is 2.39 bits per heavy atom. The number of nitrogens with two attached hydrogens (primary N) is 1. The van der Waals surface area contributed by atoms with Gasteiger partial charge < -0.3 is 20.5 Å². The molecular formula is C12H17N3O3. The Hall–Kier alpha value is -1.66. The number of anilines is 1. The highest BCUT2D eigenvalue weighted by Gasteiger charge is 2.23. The van der Waals surface area contributed by atoms with Crippen LogP contribution in [-0.2, 0) is 9.47 Å². The summed E-state index contributed by atoms with van der Waals surface area (Å²) < 4.78 is 10.1. The topological polar surface area (TPSA) is 86.5 Å². The van der Waals surface area contributed by atoms with Crippen LogP contribution in [0.5, 0.6) is 0 Å². The van der Waals surface area contributed by atoms with Crippen LogP contribution in [0.3, 0.4) is 0 Å². The zero-order valence-electron chi connectivity index (χ0n) is 10.5. The van der Waals surface area contributed by atoms with Crippen LogP contribution in [-0.4, -0.2) is 37.3 Å². The van der Waals surface area contributed by atoms with Crippen LogP contribution in [0, 0.1) is 0 Å². The number of nitrogens with one attached hydrogen (secondary N) is 1. The van der Waals surface area contributed by atoms with Gasteiger partial charge >= 0.3 is 5.97 Å². The van der Waals surface area contributed by atoms with E-state index in [1.165, 1.54) is 13.3 Å². The number of morpholine rings is 1. The van der Waals surface area contributed by atoms with Crippen LogP contribution >= 0.6 is 0 Å². The van der Waals surface area contributed by atoms with Crippen molar-refractivity contribution in [2.45, 2.75) is 19.0 Å². The molecule has 2 heterocycles. The van der Waals surface area contributed by atoms with Gasteiger partial charge in [-0.05, 0) is 18.6 Å². The molecule has 0 amide bonds. The van der Waals surface area contributed by atoms with Crippen molar-refractivity contribution in [2.24, 2.45) is 0 Å². The van der Waals surface area contributed by atoms with E-state index in [0.717, 1.165) is 5.56 Å². The highest BCUT2D eigenvalue weighted by atomic mass is 16.5. The van der Waals surface area contributed by atoms with Crippen molar-refractivity contribution < 1.29 is 14.3 Å². The predicted molar refractivity (Wildman–Crippen MR) is 66.1 cm³/mol. The van der Waals surface area contributed by atoms with Crippen molar-refractivity contribution in [1.82, 2.24) is 10.3 Å². The maximum absolute atomic E-state index is 11.4. The molecule has 1 aliphatic rings. The molecule has 18 heavy (non-hydrogen) atoms. The Morgan fingerprint density at radius 3 is 3.06 bits per heavy atom. The lowest BCUT2D eigenvalue weighted by Crippen LogP contribution is -2.42. The van der Waals surface area contributed by atoms with E-state index in [-0.39, 0.29) is 17.8 Å². The minimum atomic E-state index is -0.471.